The van der Waals surface area contributed by atoms with Gasteiger partial charge in [0.2, 0.25) is 0 Å². The van der Waals surface area contributed by atoms with Crippen LogP contribution in [0, 0.1) is 11.8 Å². The Hall–Kier alpha value is 0.0400. The molecule has 0 heterocycles. The summed E-state index contributed by atoms with van der Waals surface area (Å²) in [6.07, 6.45) is 37.6. The molecule has 0 aromatic heterocycles. The highest BCUT2D eigenvalue weighted by Gasteiger charge is 2.21. The van der Waals surface area contributed by atoms with Gasteiger partial charge >= 0.3 is 11.9 Å². The number of esters is 2. The molecule has 2 rings (SSSR count). The third-order valence-corrected chi connectivity index (χ3v) is 15.3. The highest BCUT2D eigenvalue weighted by atomic mass is 79.9. The number of carbonyl (C=O) groups excluding carboxylic acids is 2. The molecule has 0 aliphatic heterocycles. The van der Waals surface area contributed by atoms with Gasteiger partial charge in [-0.15, -0.1) is 0 Å². The highest BCUT2D eigenvalue weighted by molar-refractivity contribution is 9.09. The molecule has 3 unspecified atom stereocenters. The number of thioether (sulfide) groups is 2. The molecule has 9 heteroatoms. The lowest BCUT2D eigenvalue weighted by atomic mass is 9.86. The summed E-state index contributed by atoms with van der Waals surface area (Å²) in [6, 6.07) is 0. The van der Waals surface area contributed by atoms with E-state index in [1.807, 2.05) is 30.4 Å². The Kier molecular flexibility index (Phi) is 36.1. The van der Waals surface area contributed by atoms with Crippen LogP contribution < -0.4 is 0 Å². The minimum absolute atomic E-state index is 0.0322. The van der Waals surface area contributed by atoms with E-state index in [1.54, 1.807) is 0 Å². The van der Waals surface area contributed by atoms with E-state index in [2.05, 4.69) is 29.8 Å². The predicted octanol–water partition coefficient (Wildman–Crippen LogP) is 15.2. The standard InChI is InChI=1S/C49H91BrO6S2/c1-4-7-9-19-31-45(54-47(51)35-33-42-25-15-11-16-26-42)40-57-37-23-13-21-29-44(56-49(39-50)53-6-3)30-22-14-24-38-58-41-46(32-20-10-8-5-2)55-48(52)36-34-43-27-17-12-18-28-43/h42-46,49H,4-41H2,1-3H3. The molecule has 0 amide bonds. The largest absolute Gasteiger partial charge is 0.461 e. The molecule has 0 aromatic rings. The van der Waals surface area contributed by atoms with Crippen molar-refractivity contribution in [3.63, 3.8) is 0 Å². The third-order valence-electron chi connectivity index (χ3n) is 12.4. The van der Waals surface area contributed by atoms with E-state index in [4.69, 9.17) is 18.9 Å². The van der Waals surface area contributed by atoms with Gasteiger partial charge in [0.15, 0.2) is 6.29 Å². The van der Waals surface area contributed by atoms with Gasteiger partial charge in [0.25, 0.3) is 0 Å². The summed E-state index contributed by atoms with van der Waals surface area (Å²) in [5.41, 5.74) is 0. The van der Waals surface area contributed by atoms with Crippen molar-refractivity contribution >= 4 is 51.4 Å². The van der Waals surface area contributed by atoms with E-state index in [0.29, 0.717) is 24.8 Å². The van der Waals surface area contributed by atoms with Gasteiger partial charge in [0.1, 0.15) is 12.2 Å². The van der Waals surface area contributed by atoms with Crippen molar-refractivity contribution < 1.29 is 28.5 Å². The maximum atomic E-state index is 12.8. The second-order valence-corrected chi connectivity index (χ2v) is 20.6. The Morgan fingerprint density at radius 2 is 0.966 bits per heavy atom. The lowest BCUT2D eigenvalue weighted by molar-refractivity contribution is -0.157. The van der Waals surface area contributed by atoms with Crippen LogP contribution in [0.5, 0.6) is 0 Å². The molecule has 2 aliphatic carbocycles. The number of alkyl halides is 1. The summed E-state index contributed by atoms with van der Waals surface area (Å²) >= 11 is 7.55. The third kappa shape index (κ3) is 30.1. The van der Waals surface area contributed by atoms with Gasteiger partial charge in [-0.3, -0.25) is 9.59 Å². The van der Waals surface area contributed by atoms with Crippen molar-refractivity contribution in [2.24, 2.45) is 11.8 Å². The second-order valence-electron chi connectivity index (χ2n) is 17.7. The summed E-state index contributed by atoms with van der Waals surface area (Å²) in [4.78, 5) is 25.6. The number of hydrogen-bond donors (Lipinski definition) is 0. The molecule has 0 aromatic carbocycles. The first-order chi connectivity index (χ1) is 28.5. The van der Waals surface area contributed by atoms with Crippen LogP contribution in [-0.4, -0.2) is 71.5 Å². The van der Waals surface area contributed by atoms with E-state index >= 15 is 0 Å². The van der Waals surface area contributed by atoms with Crippen LogP contribution in [-0.2, 0) is 28.5 Å². The van der Waals surface area contributed by atoms with Gasteiger partial charge in [-0.25, -0.2) is 0 Å². The molecule has 0 spiro atoms. The summed E-state index contributed by atoms with van der Waals surface area (Å²) in [5, 5.41) is 0.695. The Balaban J connectivity index is 1.67. The minimum Gasteiger partial charge on any atom is -0.461 e. The van der Waals surface area contributed by atoms with Crippen LogP contribution in [0.25, 0.3) is 0 Å². The van der Waals surface area contributed by atoms with Gasteiger partial charge in [0, 0.05) is 31.0 Å². The van der Waals surface area contributed by atoms with Crippen molar-refractivity contribution in [1.82, 2.24) is 0 Å². The Bertz CT molecular complexity index is 880. The van der Waals surface area contributed by atoms with Gasteiger partial charge in [0.05, 0.1) is 11.4 Å². The lowest BCUT2D eigenvalue weighted by Crippen LogP contribution is -2.26. The zero-order valence-electron chi connectivity index (χ0n) is 38.0. The molecule has 0 saturated heterocycles. The number of carbonyl (C=O) groups is 2. The summed E-state index contributed by atoms with van der Waals surface area (Å²) in [6.45, 7) is 7.19. The fourth-order valence-corrected chi connectivity index (χ4v) is 11.3. The first kappa shape index (κ1) is 54.2. The SMILES string of the molecule is CCCCCCC(CSCCCCCC(CCCCCSCC(CCCCCC)OC(=O)CCC1CCCCC1)OC(CBr)OCC)OC(=O)CCC1CCCCC1. The quantitative estimate of drug-likeness (QED) is 0.0261. The normalized spacial score (nSPS) is 17.5. The summed E-state index contributed by atoms with van der Waals surface area (Å²) in [7, 11) is 0. The molecule has 6 nitrogen and oxygen atoms in total. The van der Waals surface area contributed by atoms with Gasteiger partial charge in [-0.05, 0) is 94.5 Å². The highest BCUT2D eigenvalue weighted by Crippen LogP contribution is 2.29. The number of hydrogen-bond acceptors (Lipinski definition) is 8. The smallest absolute Gasteiger partial charge is 0.306 e. The van der Waals surface area contributed by atoms with Crippen molar-refractivity contribution in [1.29, 1.82) is 0 Å². The zero-order valence-corrected chi connectivity index (χ0v) is 41.2. The van der Waals surface area contributed by atoms with Crippen LogP contribution in [0.3, 0.4) is 0 Å². The summed E-state index contributed by atoms with van der Waals surface area (Å²) in [5.74, 6) is 5.62. The van der Waals surface area contributed by atoms with Gasteiger partial charge in [-0.2, -0.15) is 23.5 Å². The van der Waals surface area contributed by atoms with Crippen molar-refractivity contribution in [2.45, 2.75) is 251 Å². The average molecular weight is 920 g/mol. The van der Waals surface area contributed by atoms with Crippen LogP contribution in [0.15, 0.2) is 0 Å². The van der Waals surface area contributed by atoms with Crippen LogP contribution in [0.2, 0.25) is 0 Å². The average Bonchev–Trinajstić information content (AvgIpc) is 3.24. The zero-order chi connectivity index (χ0) is 41.7. The predicted molar refractivity (Wildman–Crippen MR) is 255 cm³/mol. The van der Waals surface area contributed by atoms with E-state index in [9.17, 15) is 9.59 Å². The van der Waals surface area contributed by atoms with E-state index in [0.717, 1.165) is 99.1 Å². The maximum Gasteiger partial charge on any atom is 0.306 e. The monoisotopic (exact) mass is 919 g/mol. The fraction of sp³-hybridized carbons (Fsp3) is 0.959. The molecule has 342 valence electrons. The Morgan fingerprint density at radius 3 is 1.36 bits per heavy atom. The van der Waals surface area contributed by atoms with Crippen molar-refractivity contribution in [3.8, 4) is 0 Å². The Morgan fingerprint density at radius 1 is 0.552 bits per heavy atom. The molecule has 0 radical (unpaired) electrons. The van der Waals surface area contributed by atoms with E-state index in [-0.39, 0.29) is 36.5 Å². The van der Waals surface area contributed by atoms with E-state index in [1.165, 1.54) is 128 Å². The minimum atomic E-state index is -0.194. The topological polar surface area (TPSA) is 71.1 Å². The summed E-state index contributed by atoms with van der Waals surface area (Å²) < 4.78 is 24.5. The lowest BCUT2D eigenvalue weighted by Gasteiger charge is -2.24. The maximum absolute atomic E-state index is 12.8. The van der Waals surface area contributed by atoms with Gasteiger partial charge in [-0.1, -0.05) is 158 Å². The number of unbranched alkanes of at least 4 members (excludes halogenated alkanes) is 10. The van der Waals surface area contributed by atoms with Crippen LogP contribution in [0.4, 0.5) is 0 Å². The van der Waals surface area contributed by atoms with E-state index < -0.39 is 0 Å². The first-order valence-corrected chi connectivity index (χ1v) is 28.3. The molecular weight excluding hydrogens is 829 g/mol. The molecule has 0 bridgehead atoms. The molecule has 58 heavy (non-hydrogen) atoms. The molecule has 0 N–H and O–H groups in total. The second kappa shape index (κ2) is 38.7. The van der Waals surface area contributed by atoms with Crippen LogP contribution in [0.1, 0.15) is 226 Å². The molecule has 2 saturated carbocycles. The fourth-order valence-electron chi connectivity index (χ4n) is 8.77. The number of rotatable bonds is 39. The van der Waals surface area contributed by atoms with Crippen molar-refractivity contribution in [2.75, 3.05) is 34.9 Å². The molecule has 3 atom stereocenters. The van der Waals surface area contributed by atoms with Crippen LogP contribution >= 0.6 is 39.5 Å². The number of halogens is 1. The van der Waals surface area contributed by atoms with Gasteiger partial charge < -0.3 is 18.9 Å². The number of ether oxygens (including phenoxy) is 4. The van der Waals surface area contributed by atoms with Crippen molar-refractivity contribution in [3.05, 3.63) is 0 Å². The Labute approximate surface area is 375 Å². The molecule has 2 aliphatic rings. The molecule has 2 fully saturated rings. The molecular formula is C49H91BrO6S2. The first-order valence-electron chi connectivity index (χ1n) is 24.8.